The van der Waals surface area contributed by atoms with Gasteiger partial charge in [-0.25, -0.2) is 4.68 Å². The average molecular weight is 296 g/mol. The molecule has 2 aromatic rings. The van der Waals surface area contributed by atoms with E-state index < -0.39 is 0 Å². The van der Waals surface area contributed by atoms with Crippen LogP contribution in [-0.4, -0.2) is 9.78 Å². The smallest absolute Gasteiger partial charge is 0.0689 e. The molecule has 0 aliphatic heterocycles. The Hall–Kier alpha value is -1.57. The molecule has 22 heavy (non-hydrogen) atoms. The SMILES string of the molecule is CC1CCc2c(C(C)C)nn(-c3ccc(C(C)C)cc3)c2C1. The summed E-state index contributed by atoms with van der Waals surface area (Å²) in [6.45, 7) is 11.4. The van der Waals surface area contributed by atoms with E-state index in [4.69, 9.17) is 5.10 Å². The first-order valence-corrected chi connectivity index (χ1v) is 8.68. The van der Waals surface area contributed by atoms with Gasteiger partial charge in [0, 0.05) is 5.69 Å². The molecule has 2 nitrogen and oxygen atoms in total. The first-order valence-electron chi connectivity index (χ1n) is 8.68. The Labute approximate surface area is 134 Å². The largest absolute Gasteiger partial charge is 0.237 e. The summed E-state index contributed by atoms with van der Waals surface area (Å²) in [6.07, 6.45) is 3.64. The maximum absolute atomic E-state index is 4.99. The highest BCUT2D eigenvalue weighted by Gasteiger charge is 2.25. The molecule has 1 unspecified atom stereocenters. The van der Waals surface area contributed by atoms with E-state index in [1.807, 2.05) is 0 Å². The summed E-state index contributed by atoms with van der Waals surface area (Å²) in [5, 5.41) is 4.99. The number of hydrogen-bond acceptors (Lipinski definition) is 1. The quantitative estimate of drug-likeness (QED) is 0.757. The highest BCUT2D eigenvalue weighted by Crippen LogP contribution is 2.33. The number of aromatic nitrogens is 2. The molecule has 1 aromatic heterocycles. The Morgan fingerprint density at radius 1 is 1.05 bits per heavy atom. The summed E-state index contributed by atoms with van der Waals surface area (Å²) < 4.78 is 2.21. The van der Waals surface area contributed by atoms with Gasteiger partial charge >= 0.3 is 0 Å². The standard InChI is InChI=1S/C20H28N2/c1-13(2)16-7-9-17(10-8-16)22-19-12-15(5)6-11-18(19)20(21-22)14(3)4/h7-10,13-15H,6,11-12H2,1-5H3. The Morgan fingerprint density at radius 2 is 1.73 bits per heavy atom. The molecule has 1 heterocycles. The van der Waals surface area contributed by atoms with Gasteiger partial charge in [0.05, 0.1) is 11.4 Å². The lowest BCUT2D eigenvalue weighted by Gasteiger charge is -2.20. The Kier molecular flexibility index (Phi) is 4.12. The molecule has 1 aromatic carbocycles. The van der Waals surface area contributed by atoms with Crippen LogP contribution in [0.4, 0.5) is 0 Å². The van der Waals surface area contributed by atoms with Gasteiger partial charge in [0.2, 0.25) is 0 Å². The zero-order valence-corrected chi connectivity index (χ0v) is 14.6. The van der Waals surface area contributed by atoms with Gasteiger partial charge in [0.25, 0.3) is 0 Å². The van der Waals surface area contributed by atoms with Crippen molar-refractivity contribution >= 4 is 0 Å². The number of nitrogens with zero attached hydrogens (tertiary/aromatic N) is 2. The van der Waals surface area contributed by atoms with Crippen molar-refractivity contribution in [3.63, 3.8) is 0 Å². The maximum Gasteiger partial charge on any atom is 0.0689 e. The summed E-state index contributed by atoms with van der Waals surface area (Å²) in [5.74, 6) is 1.84. The molecule has 118 valence electrons. The van der Waals surface area contributed by atoms with Crippen LogP contribution in [0.2, 0.25) is 0 Å². The second-order valence-electron chi connectivity index (χ2n) is 7.47. The summed E-state index contributed by atoms with van der Waals surface area (Å²) in [5.41, 5.74) is 6.86. The molecule has 0 radical (unpaired) electrons. The van der Waals surface area contributed by atoms with Gasteiger partial charge < -0.3 is 0 Å². The van der Waals surface area contributed by atoms with Crippen LogP contribution >= 0.6 is 0 Å². The molecule has 1 atom stereocenters. The van der Waals surface area contributed by atoms with Gasteiger partial charge in [-0.15, -0.1) is 0 Å². The van der Waals surface area contributed by atoms with E-state index in [1.54, 1.807) is 0 Å². The van der Waals surface area contributed by atoms with E-state index in [1.165, 1.54) is 41.0 Å². The minimum atomic E-state index is 0.498. The lowest BCUT2D eigenvalue weighted by atomic mass is 9.86. The van der Waals surface area contributed by atoms with Gasteiger partial charge in [0.15, 0.2) is 0 Å². The van der Waals surface area contributed by atoms with Crippen molar-refractivity contribution in [3.05, 3.63) is 46.8 Å². The van der Waals surface area contributed by atoms with Crippen molar-refractivity contribution in [3.8, 4) is 5.69 Å². The van der Waals surface area contributed by atoms with Crippen LogP contribution in [0.3, 0.4) is 0 Å². The number of rotatable bonds is 3. The van der Waals surface area contributed by atoms with Crippen LogP contribution in [0.25, 0.3) is 5.69 Å². The molecule has 0 saturated heterocycles. The average Bonchev–Trinajstić information content (AvgIpc) is 2.86. The van der Waals surface area contributed by atoms with Crippen LogP contribution < -0.4 is 0 Å². The molecule has 3 rings (SSSR count). The van der Waals surface area contributed by atoms with Crippen molar-refractivity contribution < 1.29 is 0 Å². The zero-order chi connectivity index (χ0) is 15.9. The molecule has 0 N–H and O–H groups in total. The van der Waals surface area contributed by atoms with Crippen LogP contribution in [0.1, 0.15) is 75.4 Å². The molecule has 2 heteroatoms. The third-order valence-electron chi connectivity index (χ3n) is 4.90. The monoisotopic (exact) mass is 296 g/mol. The fraction of sp³-hybridized carbons (Fsp3) is 0.550. The van der Waals surface area contributed by atoms with Crippen LogP contribution in [0.5, 0.6) is 0 Å². The normalized spacial score (nSPS) is 18.0. The first-order chi connectivity index (χ1) is 10.5. The maximum atomic E-state index is 4.99. The van der Waals surface area contributed by atoms with Crippen LogP contribution in [-0.2, 0) is 12.8 Å². The second-order valence-corrected chi connectivity index (χ2v) is 7.47. The van der Waals surface area contributed by atoms with Crippen LogP contribution in [0.15, 0.2) is 24.3 Å². The highest BCUT2D eigenvalue weighted by atomic mass is 15.3. The summed E-state index contributed by atoms with van der Waals surface area (Å²) in [6, 6.07) is 8.95. The minimum absolute atomic E-state index is 0.498. The second kappa shape index (κ2) is 5.91. The molecule has 0 saturated carbocycles. The van der Waals surface area contributed by atoms with E-state index in [9.17, 15) is 0 Å². The number of benzene rings is 1. The Balaban J connectivity index is 2.06. The fourth-order valence-corrected chi connectivity index (χ4v) is 3.49. The lowest BCUT2D eigenvalue weighted by Crippen LogP contribution is -2.14. The molecule has 1 aliphatic rings. The zero-order valence-electron chi connectivity index (χ0n) is 14.6. The lowest BCUT2D eigenvalue weighted by molar-refractivity contribution is 0.487. The molecule has 0 spiro atoms. The van der Waals surface area contributed by atoms with E-state index >= 15 is 0 Å². The molecular formula is C20H28N2. The predicted molar refractivity (Wildman–Crippen MR) is 92.9 cm³/mol. The third kappa shape index (κ3) is 2.71. The van der Waals surface area contributed by atoms with Crippen molar-refractivity contribution in [1.29, 1.82) is 0 Å². The molecule has 0 amide bonds. The van der Waals surface area contributed by atoms with Gasteiger partial charge in [-0.1, -0.05) is 46.8 Å². The minimum Gasteiger partial charge on any atom is -0.237 e. The molecule has 1 aliphatic carbocycles. The van der Waals surface area contributed by atoms with Crippen molar-refractivity contribution in [2.45, 2.75) is 65.7 Å². The van der Waals surface area contributed by atoms with Crippen LogP contribution in [0, 0.1) is 5.92 Å². The van der Waals surface area contributed by atoms with Gasteiger partial charge in [-0.05, 0) is 60.3 Å². The van der Waals surface area contributed by atoms with Gasteiger partial charge in [-0.3, -0.25) is 0 Å². The summed E-state index contributed by atoms with van der Waals surface area (Å²) >= 11 is 0. The predicted octanol–water partition coefficient (Wildman–Crippen LogP) is 5.24. The van der Waals surface area contributed by atoms with E-state index in [2.05, 4.69) is 63.6 Å². The highest BCUT2D eigenvalue weighted by molar-refractivity contribution is 5.41. The molecule has 0 fully saturated rings. The number of hydrogen-bond donors (Lipinski definition) is 0. The number of fused-ring (bicyclic) bond motifs is 1. The van der Waals surface area contributed by atoms with Crippen molar-refractivity contribution in [2.24, 2.45) is 5.92 Å². The van der Waals surface area contributed by atoms with E-state index in [0.29, 0.717) is 11.8 Å². The molecular weight excluding hydrogens is 268 g/mol. The van der Waals surface area contributed by atoms with E-state index in [-0.39, 0.29) is 0 Å². The fourth-order valence-electron chi connectivity index (χ4n) is 3.49. The topological polar surface area (TPSA) is 17.8 Å². The summed E-state index contributed by atoms with van der Waals surface area (Å²) in [7, 11) is 0. The first kappa shape index (κ1) is 15.3. The Bertz CT molecular complexity index is 647. The third-order valence-corrected chi connectivity index (χ3v) is 4.90. The summed E-state index contributed by atoms with van der Waals surface area (Å²) in [4.78, 5) is 0. The van der Waals surface area contributed by atoms with Crippen molar-refractivity contribution in [1.82, 2.24) is 9.78 Å². The van der Waals surface area contributed by atoms with Crippen molar-refractivity contribution in [2.75, 3.05) is 0 Å². The Morgan fingerprint density at radius 3 is 2.32 bits per heavy atom. The van der Waals surface area contributed by atoms with Gasteiger partial charge in [-0.2, -0.15) is 5.10 Å². The molecule has 0 bridgehead atoms. The van der Waals surface area contributed by atoms with E-state index in [0.717, 1.165) is 12.3 Å². The van der Waals surface area contributed by atoms with Gasteiger partial charge in [0.1, 0.15) is 0 Å².